The van der Waals surface area contributed by atoms with Crippen molar-refractivity contribution in [2.75, 3.05) is 7.05 Å². The van der Waals surface area contributed by atoms with Crippen LogP contribution >= 0.6 is 0 Å². The molecule has 1 aliphatic heterocycles. The summed E-state index contributed by atoms with van der Waals surface area (Å²) < 4.78 is 0. The van der Waals surface area contributed by atoms with Crippen LogP contribution in [-0.2, 0) is 17.8 Å². The quantitative estimate of drug-likeness (QED) is 0.862. The fourth-order valence-corrected chi connectivity index (χ4v) is 2.65. The third kappa shape index (κ3) is 3.15. The fraction of sp³-hybridized carbons (Fsp3) is 0.714. The van der Waals surface area contributed by atoms with Crippen molar-refractivity contribution in [3.05, 3.63) is 17.7 Å². The van der Waals surface area contributed by atoms with Crippen molar-refractivity contribution in [1.82, 2.24) is 20.2 Å². The second-order valence-corrected chi connectivity index (χ2v) is 5.89. The van der Waals surface area contributed by atoms with Gasteiger partial charge in [-0.05, 0) is 19.3 Å². The molecule has 0 aliphatic carbocycles. The third-order valence-corrected chi connectivity index (χ3v) is 3.85. The lowest BCUT2D eigenvalue weighted by Crippen LogP contribution is -2.50. The molecule has 5 nitrogen and oxygen atoms in total. The normalized spacial score (nSPS) is 20.2. The highest BCUT2D eigenvalue weighted by Crippen LogP contribution is 2.16. The van der Waals surface area contributed by atoms with Crippen LogP contribution in [0.1, 0.15) is 38.6 Å². The lowest BCUT2D eigenvalue weighted by atomic mass is 10.0. The van der Waals surface area contributed by atoms with Crippen molar-refractivity contribution >= 4 is 5.91 Å². The van der Waals surface area contributed by atoms with Gasteiger partial charge in [0, 0.05) is 26.1 Å². The van der Waals surface area contributed by atoms with E-state index in [-0.39, 0.29) is 18.0 Å². The van der Waals surface area contributed by atoms with Crippen molar-refractivity contribution in [2.45, 2.75) is 52.2 Å². The number of H-pyrrole nitrogens is 1. The lowest BCUT2D eigenvalue weighted by Gasteiger charge is -2.31. The molecule has 2 N–H and O–H groups in total. The minimum atomic E-state index is -0.143. The molecule has 0 bridgehead atoms. The van der Waals surface area contributed by atoms with E-state index in [1.54, 1.807) is 6.33 Å². The standard InChI is InChI=1S/C14H24N4O/c1-9(2)5-10(3)18(4)14(19)12-6-11-13(7-15-12)17-8-16-11/h8-10,12,15H,5-7H2,1-4H3,(H,16,17). The number of aromatic nitrogens is 2. The molecule has 0 aromatic carbocycles. The van der Waals surface area contributed by atoms with Crippen molar-refractivity contribution in [1.29, 1.82) is 0 Å². The fourth-order valence-electron chi connectivity index (χ4n) is 2.65. The molecule has 0 spiro atoms. The Balaban J connectivity index is 1.97. The second kappa shape index (κ2) is 5.74. The predicted molar refractivity (Wildman–Crippen MR) is 74.6 cm³/mol. The summed E-state index contributed by atoms with van der Waals surface area (Å²) in [5.74, 6) is 0.768. The Morgan fingerprint density at radius 3 is 2.95 bits per heavy atom. The van der Waals surface area contributed by atoms with Crippen LogP contribution in [0.4, 0.5) is 0 Å². The van der Waals surface area contributed by atoms with Gasteiger partial charge in [0.15, 0.2) is 0 Å². The highest BCUT2D eigenvalue weighted by Gasteiger charge is 2.29. The predicted octanol–water partition coefficient (Wildman–Crippen LogP) is 1.32. The van der Waals surface area contributed by atoms with Gasteiger partial charge in [-0.2, -0.15) is 0 Å². The molecule has 2 unspecified atom stereocenters. The van der Waals surface area contributed by atoms with Crippen LogP contribution in [0.5, 0.6) is 0 Å². The Kier molecular flexibility index (Phi) is 4.24. The maximum atomic E-state index is 12.5. The summed E-state index contributed by atoms with van der Waals surface area (Å²) in [6, 6.07) is 0.130. The molecule has 1 aromatic rings. The molecule has 0 saturated heterocycles. The molecule has 5 heteroatoms. The Labute approximate surface area is 114 Å². The number of aromatic amines is 1. The van der Waals surface area contributed by atoms with Gasteiger partial charge in [0.2, 0.25) is 5.91 Å². The molecule has 2 rings (SSSR count). The van der Waals surface area contributed by atoms with Gasteiger partial charge in [0.25, 0.3) is 0 Å². The van der Waals surface area contributed by atoms with Crippen LogP contribution in [0.25, 0.3) is 0 Å². The molecule has 2 heterocycles. The zero-order chi connectivity index (χ0) is 14.0. The molecule has 106 valence electrons. The molecule has 0 radical (unpaired) electrons. The molecular formula is C14H24N4O. The summed E-state index contributed by atoms with van der Waals surface area (Å²) in [7, 11) is 1.90. The van der Waals surface area contributed by atoms with Crippen LogP contribution in [0.3, 0.4) is 0 Å². The number of fused-ring (bicyclic) bond motifs is 1. The number of likely N-dealkylation sites (N-methyl/N-ethyl adjacent to an activating group) is 1. The first-order chi connectivity index (χ1) is 8.99. The Morgan fingerprint density at radius 1 is 1.53 bits per heavy atom. The summed E-state index contributed by atoms with van der Waals surface area (Å²) in [5, 5.41) is 3.29. The van der Waals surface area contributed by atoms with Gasteiger partial charge in [-0.25, -0.2) is 4.98 Å². The number of hydrogen-bond acceptors (Lipinski definition) is 3. The Hall–Kier alpha value is -1.36. The Morgan fingerprint density at radius 2 is 2.26 bits per heavy atom. The van der Waals surface area contributed by atoms with Gasteiger partial charge >= 0.3 is 0 Å². The number of imidazole rings is 1. The number of nitrogens with one attached hydrogen (secondary N) is 2. The van der Waals surface area contributed by atoms with Crippen LogP contribution < -0.4 is 5.32 Å². The maximum Gasteiger partial charge on any atom is 0.240 e. The average molecular weight is 264 g/mol. The first-order valence-electron chi connectivity index (χ1n) is 7.00. The van der Waals surface area contributed by atoms with E-state index in [1.807, 2.05) is 11.9 Å². The van der Waals surface area contributed by atoms with E-state index in [1.165, 1.54) is 0 Å². The zero-order valence-electron chi connectivity index (χ0n) is 12.2. The Bertz CT molecular complexity index is 440. The number of rotatable bonds is 4. The smallest absolute Gasteiger partial charge is 0.240 e. The molecular weight excluding hydrogens is 240 g/mol. The summed E-state index contributed by atoms with van der Waals surface area (Å²) in [4.78, 5) is 21.7. The molecule has 1 amide bonds. The van der Waals surface area contributed by atoms with Gasteiger partial charge in [0.05, 0.1) is 23.8 Å². The largest absolute Gasteiger partial charge is 0.347 e. The molecule has 1 aliphatic rings. The average Bonchev–Trinajstić information content (AvgIpc) is 2.83. The van der Waals surface area contributed by atoms with E-state index >= 15 is 0 Å². The molecule has 0 fully saturated rings. The number of carbonyl (C=O) groups is 1. The first kappa shape index (κ1) is 14.1. The summed E-state index contributed by atoms with van der Waals surface area (Å²) in [5.41, 5.74) is 2.11. The number of carbonyl (C=O) groups excluding carboxylic acids is 1. The van der Waals surface area contributed by atoms with E-state index in [0.717, 1.165) is 17.8 Å². The van der Waals surface area contributed by atoms with Gasteiger partial charge in [-0.3, -0.25) is 10.1 Å². The monoisotopic (exact) mass is 264 g/mol. The molecule has 1 aromatic heterocycles. The van der Waals surface area contributed by atoms with Crippen molar-refractivity contribution < 1.29 is 4.79 Å². The minimum absolute atomic E-state index is 0.143. The molecule has 0 saturated carbocycles. The SMILES string of the molecule is CC(C)CC(C)N(C)C(=O)C1Cc2nc[nH]c2CN1. The van der Waals surface area contributed by atoms with E-state index in [4.69, 9.17) is 0 Å². The molecule has 19 heavy (non-hydrogen) atoms. The van der Waals surface area contributed by atoms with Crippen molar-refractivity contribution in [3.63, 3.8) is 0 Å². The number of hydrogen-bond donors (Lipinski definition) is 2. The zero-order valence-corrected chi connectivity index (χ0v) is 12.2. The molecule has 2 atom stereocenters. The summed E-state index contributed by atoms with van der Waals surface area (Å²) in [6.07, 6.45) is 3.41. The van der Waals surface area contributed by atoms with E-state index in [9.17, 15) is 4.79 Å². The van der Waals surface area contributed by atoms with Crippen LogP contribution in [0, 0.1) is 5.92 Å². The van der Waals surface area contributed by atoms with Crippen LogP contribution in [0.15, 0.2) is 6.33 Å². The topological polar surface area (TPSA) is 61.0 Å². The summed E-state index contributed by atoms with van der Waals surface area (Å²) in [6.45, 7) is 7.17. The number of amides is 1. The highest BCUT2D eigenvalue weighted by molar-refractivity contribution is 5.82. The van der Waals surface area contributed by atoms with Crippen molar-refractivity contribution in [3.8, 4) is 0 Å². The van der Waals surface area contributed by atoms with Crippen LogP contribution in [-0.4, -0.2) is 39.9 Å². The number of nitrogens with zero attached hydrogens (tertiary/aromatic N) is 2. The minimum Gasteiger partial charge on any atom is -0.347 e. The summed E-state index contributed by atoms with van der Waals surface area (Å²) >= 11 is 0. The van der Waals surface area contributed by atoms with Crippen LogP contribution in [0.2, 0.25) is 0 Å². The van der Waals surface area contributed by atoms with Gasteiger partial charge in [0.1, 0.15) is 0 Å². The first-order valence-corrected chi connectivity index (χ1v) is 7.00. The van der Waals surface area contributed by atoms with E-state index < -0.39 is 0 Å². The third-order valence-electron chi connectivity index (χ3n) is 3.85. The van der Waals surface area contributed by atoms with E-state index in [0.29, 0.717) is 18.9 Å². The maximum absolute atomic E-state index is 12.5. The van der Waals surface area contributed by atoms with Gasteiger partial charge in [-0.1, -0.05) is 13.8 Å². The van der Waals surface area contributed by atoms with Gasteiger partial charge < -0.3 is 9.88 Å². The van der Waals surface area contributed by atoms with Crippen molar-refractivity contribution in [2.24, 2.45) is 5.92 Å². The lowest BCUT2D eigenvalue weighted by molar-refractivity contribution is -0.134. The second-order valence-electron chi connectivity index (χ2n) is 5.89. The van der Waals surface area contributed by atoms with Gasteiger partial charge in [-0.15, -0.1) is 0 Å². The highest BCUT2D eigenvalue weighted by atomic mass is 16.2. The van der Waals surface area contributed by atoms with E-state index in [2.05, 4.69) is 36.1 Å².